The van der Waals surface area contributed by atoms with Gasteiger partial charge in [0.1, 0.15) is 5.82 Å². The Morgan fingerprint density at radius 2 is 1.84 bits per heavy atom. The maximum atomic E-state index is 13.3. The SMILES string of the molecule is CCOc1cc(/C=C2\SC(=O)N(Cc3ccc(F)cc3Cl)C2=O)cc(I)c1OC(=O)c1ccc(Cl)cc1. The van der Waals surface area contributed by atoms with Crippen LogP contribution in [0.1, 0.15) is 28.4 Å². The summed E-state index contributed by atoms with van der Waals surface area (Å²) in [6.07, 6.45) is 1.56. The minimum Gasteiger partial charge on any atom is -0.490 e. The Bertz CT molecular complexity index is 1430. The van der Waals surface area contributed by atoms with E-state index in [1.165, 1.54) is 12.1 Å². The van der Waals surface area contributed by atoms with E-state index in [0.29, 0.717) is 37.6 Å². The van der Waals surface area contributed by atoms with Gasteiger partial charge in [0.05, 0.1) is 27.2 Å². The molecule has 190 valence electrons. The molecule has 4 rings (SSSR count). The second-order valence-corrected chi connectivity index (χ2v) is 10.7. The molecule has 1 heterocycles. The van der Waals surface area contributed by atoms with Crippen molar-refractivity contribution in [1.29, 1.82) is 0 Å². The minimum atomic E-state index is -0.580. The number of hydrogen-bond donors (Lipinski definition) is 0. The molecule has 0 radical (unpaired) electrons. The van der Waals surface area contributed by atoms with Gasteiger partial charge in [0.15, 0.2) is 11.5 Å². The van der Waals surface area contributed by atoms with Crippen molar-refractivity contribution < 1.29 is 28.2 Å². The number of ether oxygens (including phenoxy) is 2. The Morgan fingerprint density at radius 1 is 1.11 bits per heavy atom. The van der Waals surface area contributed by atoms with Crippen molar-refractivity contribution in [2.24, 2.45) is 0 Å². The highest BCUT2D eigenvalue weighted by Gasteiger charge is 2.35. The number of imide groups is 1. The average Bonchev–Trinajstić information content (AvgIpc) is 3.10. The summed E-state index contributed by atoms with van der Waals surface area (Å²) in [7, 11) is 0. The molecule has 0 bridgehead atoms. The number of halogens is 4. The van der Waals surface area contributed by atoms with Crippen LogP contribution in [0.25, 0.3) is 6.08 Å². The van der Waals surface area contributed by atoms with E-state index in [2.05, 4.69) is 0 Å². The molecule has 0 N–H and O–H groups in total. The molecule has 1 saturated heterocycles. The Morgan fingerprint density at radius 3 is 2.51 bits per heavy atom. The molecule has 1 aliphatic rings. The third kappa shape index (κ3) is 6.46. The second kappa shape index (κ2) is 11.8. The molecular weight excluding hydrogens is 655 g/mol. The lowest BCUT2D eigenvalue weighted by Crippen LogP contribution is -2.27. The number of carbonyl (C=O) groups is 3. The fraction of sp³-hybridized carbons (Fsp3) is 0.115. The fourth-order valence-corrected chi connectivity index (χ4v) is 5.31. The molecule has 1 fully saturated rings. The normalized spacial score (nSPS) is 14.4. The van der Waals surface area contributed by atoms with Crippen molar-refractivity contribution in [2.45, 2.75) is 13.5 Å². The fourth-order valence-electron chi connectivity index (χ4n) is 3.38. The van der Waals surface area contributed by atoms with Gasteiger partial charge in [-0.25, -0.2) is 9.18 Å². The van der Waals surface area contributed by atoms with E-state index in [1.807, 2.05) is 22.6 Å². The molecule has 37 heavy (non-hydrogen) atoms. The molecule has 11 heteroatoms. The summed E-state index contributed by atoms with van der Waals surface area (Å²) in [5.41, 5.74) is 1.35. The van der Waals surface area contributed by atoms with Crippen LogP contribution < -0.4 is 9.47 Å². The van der Waals surface area contributed by atoms with Gasteiger partial charge in [-0.05, 0) is 107 Å². The topological polar surface area (TPSA) is 72.9 Å². The van der Waals surface area contributed by atoms with Crippen LogP contribution >= 0.6 is 57.6 Å². The van der Waals surface area contributed by atoms with Crippen molar-refractivity contribution in [2.75, 3.05) is 6.61 Å². The summed E-state index contributed by atoms with van der Waals surface area (Å²) in [4.78, 5) is 39.4. The third-order valence-corrected chi connectivity index (χ3v) is 7.43. The van der Waals surface area contributed by atoms with Crippen molar-refractivity contribution in [1.82, 2.24) is 4.90 Å². The third-order valence-electron chi connectivity index (χ3n) is 5.12. The molecule has 0 spiro atoms. The van der Waals surface area contributed by atoms with Gasteiger partial charge in [0.25, 0.3) is 11.1 Å². The number of nitrogens with zero attached hydrogens (tertiary/aromatic N) is 1. The van der Waals surface area contributed by atoms with Crippen molar-refractivity contribution in [3.63, 3.8) is 0 Å². The smallest absolute Gasteiger partial charge is 0.343 e. The second-order valence-electron chi connectivity index (χ2n) is 7.66. The van der Waals surface area contributed by atoms with Crippen molar-refractivity contribution >= 4 is 80.7 Å². The van der Waals surface area contributed by atoms with E-state index in [0.717, 1.165) is 22.7 Å². The summed E-state index contributed by atoms with van der Waals surface area (Å²) >= 11 is 14.7. The van der Waals surface area contributed by atoms with Gasteiger partial charge in [-0.2, -0.15) is 0 Å². The molecule has 3 aromatic rings. The highest BCUT2D eigenvalue weighted by atomic mass is 127. The quantitative estimate of drug-likeness (QED) is 0.112. The van der Waals surface area contributed by atoms with Crippen LogP contribution in [0, 0.1) is 9.39 Å². The number of hydrogen-bond acceptors (Lipinski definition) is 6. The molecule has 3 aromatic carbocycles. The number of thioether (sulfide) groups is 1. The van der Waals surface area contributed by atoms with Crippen molar-refractivity contribution in [3.05, 3.63) is 95.6 Å². The molecule has 0 aliphatic carbocycles. The van der Waals surface area contributed by atoms with E-state index in [4.69, 9.17) is 32.7 Å². The molecule has 0 aromatic heterocycles. The lowest BCUT2D eigenvalue weighted by Gasteiger charge is -2.14. The number of rotatable bonds is 7. The van der Waals surface area contributed by atoms with E-state index in [9.17, 15) is 18.8 Å². The molecule has 6 nitrogen and oxygen atoms in total. The maximum Gasteiger partial charge on any atom is 0.343 e. The molecule has 0 unspecified atom stereocenters. The predicted octanol–water partition coefficient (Wildman–Crippen LogP) is 7.59. The van der Waals surface area contributed by atoms with E-state index in [1.54, 1.807) is 49.4 Å². The summed E-state index contributed by atoms with van der Waals surface area (Å²) in [5, 5.41) is 0.156. The predicted molar refractivity (Wildman–Crippen MR) is 150 cm³/mol. The molecule has 0 saturated carbocycles. The summed E-state index contributed by atoms with van der Waals surface area (Å²) in [6.45, 7) is 2.01. The first-order valence-electron chi connectivity index (χ1n) is 10.8. The monoisotopic (exact) mass is 671 g/mol. The number of benzene rings is 3. The Hall–Kier alpha value is -2.60. The minimum absolute atomic E-state index is 0.0809. The van der Waals surface area contributed by atoms with Crippen LogP contribution in [0.2, 0.25) is 10.0 Å². The highest BCUT2D eigenvalue weighted by molar-refractivity contribution is 14.1. The first-order valence-corrected chi connectivity index (χ1v) is 13.4. The Balaban J connectivity index is 1.58. The largest absolute Gasteiger partial charge is 0.490 e. The molecule has 1 aliphatic heterocycles. The Labute approximate surface area is 239 Å². The van der Waals surface area contributed by atoms with Gasteiger partial charge in [-0.3, -0.25) is 14.5 Å². The number of amides is 2. The van der Waals surface area contributed by atoms with Gasteiger partial charge >= 0.3 is 5.97 Å². The summed E-state index contributed by atoms with van der Waals surface area (Å²) < 4.78 is 25.2. The molecular formula is C26H17Cl2FINO5S. The maximum absolute atomic E-state index is 13.3. The highest BCUT2D eigenvalue weighted by Crippen LogP contribution is 2.38. The van der Waals surface area contributed by atoms with Crippen LogP contribution in [0.4, 0.5) is 9.18 Å². The van der Waals surface area contributed by atoms with Crippen LogP contribution in [-0.4, -0.2) is 28.6 Å². The van der Waals surface area contributed by atoms with E-state index < -0.39 is 22.9 Å². The zero-order valence-electron chi connectivity index (χ0n) is 19.1. The number of carbonyl (C=O) groups excluding carboxylic acids is 3. The van der Waals surface area contributed by atoms with Gasteiger partial charge in [-0.1, -0.05) is 29.3 Å². The first kappa shape index (κ1) is 27.4. The molecule has 2 amide bonds. The van der Waals surface area contributed by atoms with Gasteiger partial charge in [0, 0.05) is 10.0 Å². The standard InChI is InChI=1S/C26H17Cl2FINO5S/c1-2-35-21-10-14(9-20(30)23(21)36-25(33)15-3-6-17(27)7-4-15)11-22-24(32)31(26(34)37-22)13-16-5-8-18(29)12-19(16)28/h3-12H,2,13H2,1H3/b22-11-. The van der Waals surface area contributed by atoms with Crippen molar-refractivity contribution in [3.8, 4) is 11.5 Å². The van der Waals surface area contributed by atoms with E-state index >= 15 is 0 Å². The molecule has 0 atom stereocenters. The van der Waals surface area contributed by atoms with Crippen LogP contribution in [-0.2, 0) is 11.3 Å². The van der Waals surface area contributed by atoms with Crippen LogP contribution in [0.5, 0.6) is 11.5 Å². The zero-order chi connectivity index (χ0) is 26.7. The van der Waals surface area contributed by atoms with Crippen LogP contribution in [0.3, 0.4) is 0 Å². The average molecular weight is 672 g/mol. The first-order chi connectivity index (χ1) is 17.7. The Kier molecular flexibility index (Phi) is 8.79. The van der Waals surface area contributed by atoms with Gasteiger partial charge in [0.2, 0.25) is 0 Å². The van der Waals surface area contributed by atoms with Crippen LogP contribution in [0.15, 0.2) is 59.5 Å². The summed E-state index contributed by atoms with van der Waals surface area (Å²) in [5.74, 6) is -1.05. The lowest BCUT2D eigenvalue weighted by atomic mass is 10.1. The van der Waals surface area contributed by atoms with E-state index in [-0.39, 0.29) is 22.2 Å². The van der Waals surface area contributed by atoms with Gasteiger partial charge < -0.3 is 9.47 Å². The van der Waals surface area contributed by atoms with Gasteiger partial charge in [-0.15, -0.1) is 0 Å². The zero-order valence-corrected chi connectivity index (χ0v) is 23.6. The lowest BCUT2D eigenvalue weighted by molar-refractivity contribution is -0.123. The summed E-state index contributed by atoms with van der Waals surface area (Å²) in [6, 6.07) is 13.4. The number of esters is 1.